The number of carboxylic acid groups (broad SMARTS) is 1. The van der Waals surface area contributed by atoms with Crippen LogP contribution >= 0.6 is 11.5 Å². The number of carbonyl (C=O) groups is 2. The van der Waals surface area contributed by atoms with Crippen LogP contribution in [-0.4, -0.2) is 33.1 Å². The van der Waals surface area contributed by atoms with E-state index in [1.54, 1.807) is 6.92 Å². The molecule has 1 amide bonds. The SMILES string of the molecule is CC(CCNC(=O)c1cnns1)C(=O)O. The van der Waals surface area contributed by atoms with Crippen molar-refractivity contribution in [3.8, 4) is 0 Å². The second-order valence-corrected chi connectivity index (χ2v) is 3.85. The first-order valence-electron chi connectivity index (χ1n) is 4.39. The maximum atomic E-state index is 11.3. The molecule has 1 aromatic heterocycles. The summed E-state index contributed by atoms with van der Waals surface area (Å²) in [5.41, 5.74) is 0. The van der Waals surface area contributed by atoms with Crippen molar-refractivity contribution >= 4 is 23.4 Å². The maximum absolute atomic E-state index is 11.3. The lowest BCUT2D eigenvalue weighted by molar-refractivity contribution is -0.141. The molecule has 1 atom stereocenters. The molecule has 0 saturated heterocycles. The second-order valence-electron chi connectivity index (χ2n) is 3.07. The first kappa shape index (κ1) is 11.6. The van der Waals surface area contributed by atoms with E-state index in [2.05, 4.69) is 14.9 Å². The number of amides is 1. The topological polar surface area (TPSA) is 92.2 Å². The fourth-order valence-electron chi connectivity index (χ4n) is 0.880. The third-order valence-corrected chi connectivity index (χ3v) is 2.53. The van der Waals surface area contributed by atoms with Gasteiger partial charge in [-0.15, -0.1) is 5.10 Å². The number of carbonyl (C=O) groups excluding carboxylic acids is 1. The molecular formula is C8H11N3O3S. The first-order chi connectivity index (χ1) is 7.11. The highest BCUT2D eigenvalue weighted by atomic mass is 32.1. The molecule has 1 heterocycles. The van der Waals surface area contributed by atoms with Crippen molar-refractivity contribution < 1.29 is 14.7 Å². The standard InChI is InChI=1S/C8H11N3O3S/c1-5(8(13)14)2-3-9-7(12)6-4-10-11-15-6/h4-5H,2-3H2,1H3,(H,9,12)(H,13,14). The lowest BCUT2D eigenvalue weighted by Gasteiger charge is -2.06. The van der Waals surface area contributed by atoms with Crippen molar-refractivity contribution in [2.45, 2.75) is 13.3 Å². The molecule has 6 nitrogen and oxygen atoms in total. The van der Waals surface area contributed by atoms with Crippen LogP contribution < -0.4 is 5.32 Å². The minimum absolute atomic E-state index is 0.261. The normalized spacial score (nSPS) is 12.1. The van der Waals surface area contributed by atoms with Gasteiger partial charge in [0.15, 0.2) is 0 Å². The van der Waals surface area contributed by atoms with Gasteiger partial charge >= 0.3 is 5.97 Å². The fraction of sp³-hybridized carbons (Fsp3) is 0.500. The zero-order valence-electron chi connectivity index (χ0n) is 8.14. The van der Waals surface area contributed by atoms with Gasteiger partial charge in [-0.3, -0.25) is 9.59 Å². The summed E-state index contributed by atoms with van der Waals surface area (Å²) in [4.78, 5) is 22.2. The summed E-state index contributed by atoms with van der Waals surface area (Å²) in [6, 6.07) is 0. The monoisotopic (exact) mass is 229 g/mol. The Morgan fingerprint density at radius 3 is 2.93 bits per heavy atom. The van der Waals surface area contributed by atoms with Crippen LogP contribution in [0.3, 0.4) is 0 Å². The van der Waals surface area contributed by atoms with Crippen LogP contribution in [0.2, 0.25) is 0 Å². The number of aromatic nitrogens is 2. The van der Waals surface area contributed by atoms with Gasteiger partial charge in [-0.25, -0.2) is 0 Å². The van der Waals surface area contributed by atoms with Crippen molar-refractivity contribution in [2.24, 2.45) is 5.92 Å². The average molecular weight is 229 g/mol. The summed E-state index contributed by atoms with van der Waals surface area (Å²) in [7, 11) is 0. The number of carboxylic acids is 1. The predicted octanol–water partition coefficient (Wildman–Crippen LogP) is 0.379. The number of nitrogens with zero attached hydrogens (tertiary/aromatic N) is 2. The largest absolute Gasteiger partial charge is 0.481 e. The van der Waals surface area contributed by atoms with Gasteiger partial charge < -0.3 is 10.4 Å². The molecule has 82 valence electrons. The van der Waals surface area contributed by atoms with E-state index in [0.29, 0.717) is 17.8 Å². The van der Waals surface area contributed by atoms with Crippen molar-refractivity contribution in [1.82, 2.24) is 14.9 Å². The fourth-order valence-corrected chi connectivity index (χ4v) is 1.31. The molecule has 0 bridgehead atoms. The van der Waals surface area contributed by atoms with E-state index in [1.807, 2.05) is 0 Å². The van der Waals surface area contributed by atoms with E-state index < -0.39 is 11.9 Å². The number of nitrogens with one attached hydrogen (secondary N) is 1. The van der Waals surface area contributed by atoms with Crippen LogP contribution in [0.25, 0.3) is 0 Å². The number of hydrogen-bond acceptors (Lipinski definition) is 5. The van der Waals surface area contributed by atoms with E-state index in [9.17, 15) is 9.59 Å². The highest BCUT2D eigenvalue weighted by Crippen LogP contribution is 2.03. The Bertz CT molecular complexity index is 339. The lowest BCUT2D eigenvalue weighted by Crippen LogP contribution is -2.26. The predicted molar refractivity (Wildman–Crippen MR) is 53.7 cm³/mol. The van der Waals surface area contributed by atoms with Gasteiger partial charge in [-0.1, -0.05) is 11.4 Å². The zero-order valence-corrected chi connectivity index (χ0v) is 8.95. The van der Waals surface area contributed by atoms with Crippen LogP contribution in [-0.2, 0) is 4.79 Å². The maximum Gasteiger partial charge on any atom is 0.306 e. The van der Waals surface area contributed by atoms with E-state index in [0.717, 1.165) is 11.5 Å². The first-order valence-corrected chi connectivity index (χ1v) is 5.17. The Morgan fingerprint density at radius 1 is 1.67 bits per heavy atom. The molecule has 1 unspecified atom stereocenters. The summed E-state index contributed by atoms with van der Waals surface area (Å²) in [6.45, 7) is 1.94. The van der Waals surface area contributed by atoms with E-state index in [1.165, 1.54) is 6.20 Å². The third-order valence-electron chi connectivity index (χ3n) is 1.87. The summed E-state index contributed by atoms with van der Waals surface area (Å²) in [6.07, 6.45) is 1.79. The molecule has 0 saturated carbocycles. The van der Waals surface area contributed by atoms with Crippen LogP contribution in [0.4, 0.5) is 0 Å². The molecule has 0 fully saturated rings. The smallest absolute Gasteiger partial charge is 0.306 e. The van der Waals surface area contributed by atoms with Gasteiger partial charge in [0.05, 0.1) is 12.1 Å². The number of aliphatic carboxylic acids is 1. The Morgan fingerprint density at radius 2 is 2.40 bits per heavy atom. The molecule has 0 aliphatic rings. The second kappa shape index (κ2) is 5.40. The minimum atomic E-state index is -0.858. The summed E-state index contributed by atoms with van der Waals surface area (Å²) < 4.78 is 3.55. The molecule has 0 aliphatic carbocycles. The molecule has 2 N–H and O–H groups in total. The Hall–Kier alpha value is -1.50. The average Bonchev–Trinajstić information content (AvgIpc) is 2.70. The Labute approximate surface area is 90.5 Å². The molecule has 1 rings (SSSR count). The molecule has 0 spiro atoms. The van der Waals surface area contributed by atoms with Crippen molar-refractivity contribution in [3.63, 3.8) is 0 Å². The van der Waals surface area contributed by atoms with Gasteiger partial charge in [0.25, 0.3) is 5.91 Å². The van der Waals surface area contributed by atoms with Gasteiger partial charge in [-0.2, -0.15) is 0 Å². The minimum Gasteiger partial charge on any atom is -0.481 e. The van der Waals surface area contributed by atoms with Crippen LogP contribution in [0.15, 0.2) is 6.20 Å². The number of rotatable bonds is 5. The van der Waals surface area contributed by atoms with Crippen LogP contribution in [0.1, 0.15) is 23.0 Å². The Balaban J connectivity index is 2.27. The molecule has 0 radical (unpaired) electrons. The molecule has 7 heteroatoms. The van der Waals surface area contributed by atoms with Gasteiger partial charge in [0.2, 0.25) is 0 Å². The lowest BCUT2D eigenvalue weighted by atomic mass is 10.1. The van der Waals surface area contributed by atoms with Crippen molar-refractivity contribution in [3.05, 3.63) is 11.1 Å². The van der Waals surface area contributed by atoms with E-state index in [-0.39, 0.29) is 5.91 Å². The van der Waals surface area contributed by atoms with Crippen molar-refractivity contribution in [2.75, 3.05) is 6.54 Å². The summed E-state index contributed by atoms with van der Waals surface area (Å²) >= 11 is 1.01. The van der Waals surface area contributed by atoms with Crippen LogP contribution in [0, 0.1) is 5.92 Å². The molecule has 0 aliphatic heterocycles. The third kappa shape index (κ3) is 3.62. The summed E-state index contributed by atoms with van der Waals surface area (Å²) in [5.74, 6) is -1.57. The van der Waals surface area contributed by atoms with Crippen LogP contribution in [0.5, 0.6) is 0 Å². The van der Waals surface area contributed by atoms with Crippen molar-refractivity contribution in [1.29, 1.82) is 0 Å². The molecule has 15 heavy (non-hydrogen) atoms. The zero-order chi connectivity index (χ0) is 11.3. The van der Waals surface area contributed by atoms with E-state index in [4.69, 9.17) is 5.11 Å². The highest BCUT2D eigenvalue weighted by Gasteiger charge is 2.12. The quantitative estimate of drug-likeness (QED) is 0.761. The van der Waals surface area contributed by atoms with E-state index >= 15 is 0 Å². The summed E-state index contributed by atoms with van der Waals surface area (Å²) in [5, 5.41) is 14.7. The number of hydrogen-bond donors (Lipinski definition) is 2. The molecule has 0 aromatic carbocycles. The highest BCUT2D eigenvalue weighted by molar-refractivity contribution is 7.07. The Kier molecular flexibility index (Phi) is 4.17. The van der Waals surface area contributed by atoms with Gasteiger partial charge in [0, 0.05) is 6.54 Å². The molecular weight excluding hydrogens is 218 g/mol. The van der Waals surface area contributed by atoms with Gasteiger partial charge in [0.1, 0.15) is 4.88 Å². The molecule has 1 aromatic rings. The van der Waals surface area contributed by atoms with Gasteiger partial charge in [-0.05, 0) is 18.0 Å².